The summed E-state index contributed by atoms with van der Waals surface area (Å²) in [6, 6.07) is 4.47. The maximum atomic E-state index is 15.2. The quantitative estimate of drug-likeness (QED) is 0.655. The van der Waals surface area contributed by atoms with Gasteiger partial charge in [-0.2, -0.15) is 0 Å². The second-order valence-corrected chi connectivity index (χ2v) is 4.80. The lowest BCUT2D eigenvalue weighted by atomic mass is 9.79. The Morgan fingerprint density at radius 1 is 1.35 bits per heavy atom. The van der Waals surface area contributed by atoms with Crippen LogP contribution in [-0.2, 0) is 5.67 Å². The predicted molar refractivity (Wildman–Crippen MR) is 68.2 cm³/mol. The zero-order chi connectivity index (χ0) is 13.2. The Kier molecular flexibility index (Phi) is 4.07. The van der Waals surface area contributed by atoms with Gasteiger partial charge in [0.1, 0.15) is 5.82 Å². The van der Waals surface area contributed by atoms with E-state index < -0.39 is 5.67 Å². The van der Waals surface area contributed by atoms with E-state index in [9.17, 15) is 4.39 Å². The van der Waals surface area contributed by atoms with Gasteiger partial charge in [-0.25, -0.2) is 8.78 Å². The number of hydrogen-bond acceptors (Lipinski definition) is 0. The molecule has 0 heterocycles. The minimum Gasteiger partial charge on any atom is -0.234 e. The summed E-state index contributed by atoms with van der Waals surface area (Å²) in [5, 5.41) is 0. The molecule has 0 N–H and O–H groups in total. The summed E-state index contributed by atoms with van der Waals surface area (Å²) < 4.78 is 28.4. The first kappa shape index (κ1) is 13.9. The number of hydrogen-bond donors (Lipinski definition) is 0. The van der Waals surface area contributed by atoms with Gasteiger partial charge in [-0.15, -0.1) is 0 Å². The molecule has 0 aliphatic heterocycles. The summed E-state index contributed by atoms with van der Waals surface area (Å²) in [4.78, 5) is 0. The van der Waals surface area contributed by atoms with Crippen LogP contribution >= 0.6 is 0 Å². The number of rotatable bonds is 3. The van der Waals surface area contributed by atoms with Crippen molar-refractivity contribution < 1.29 is 8.78 Å². The Hall–Kier alpha value is -1.18. The zero-order valence-corrected chi connectivity index (χ0v) is 11.1. The topological polar surface area (TPSA) is 0 Å². The van der Waals surface area contributed by atoms with Gasteiger partial charge in [-0.05, 0) is 55.5 Å². The van der Waals surface area contributed by atoms with E-state index >= 15 is 4.39 Å². The van der Waals surface area contributed by atoms with E-state index in [1.807, 2.05) is 20.8 Å². The third-order valence-electron chi connectivity index (χ3n) is 3.38. The van der Waals surface area contributed by atoms with Crippen molar-refractivity contribution in [2.45, 2.75) is 40.3 Å². The van der Waals surface area contributed by atoms with Crippen molar-refractivity contribution in [1.82, 2.24) is 0 Å². The minimum absolute atomic E-state index is 0.191. The Morgan fingerprint density at radius 2 is 1.94 bits per heavy atom. The Bertz CT molecular complexity index is 433. The summed E-state index contributed by atoms with van der Waals surface area (Å²) in [7, 11) is 0. The second-order valence-electron chi connectivity index (χ2n) is 4.80. The van der Waals surface area contributed by atoms with Crippen molar-refractivity contribution in [2.24, 2.45) is 5.92 Å². The smallest absolute Gasteiger partial charge is 0.159 e. The maximum absolute atomic E-state index is 15.2. The Morgan fingerprint density at radius 3 is 2.35 bits per heavy atom. The molecule has 94 valence electrons. The van der Waals surface area contributed by atoms with Crippen LogP contribution in [0.15, 0.2) is 29.8 Å². The first-order valence-corrected chi connectivity index (χ1v) is 5.93. The summed E-state index contributed by atoms with van der Waals surface area (Å²) in [5.41, 5.74) is 0.155. The van der Waals surface area contributed by atoms with Gasteiger partial charge in [0.15, 0.2) is 5.67 Å². The highest BCUT2D eigenvalue weighted by atomic mass is 19.1. The Balaban J connectivity index is 3.38. The van der Waals surface area contributed by atoms with Crippen molar-refractivity contribution >= 4 is 0 Å². The van der Waals surface area contributed by atoms with Gasteiger partial charge in [0.25, 0.3) is 0 Å². The molecule has 0 bridgehead atoms. The second kappa shape index (κ2) is 4.99. The molecule has 1 rings (SSSR count). The third-order valence-corrected chi connectivity index (χ3v) is 3.38. The molecule has 0 radical (unpaired) electrons. The fraction of sp³-hybridized carbons (Fsp3) is 0.467. The van der Waals surface area contributed by atoms with E-state index in [0.717, 1.165) is 0 Å². The van der Waals surface area contributed by atoms with Crippen LogP contribution in [0.25, 0.3) is 0 Å². The van der Waals surface area contributed by atoms with Crippen LogP contribution in [0.5, 0.6) is 0 Å². The zero-order valence-electron chi connectivity index (χ0n) is 11.1. The standard InChI is InChI=1S/C15H20F2/c1-6-12(5)15(17,10(2)3)13-7-8-14(16)11(4)9-13/h6-10H,1-5H3/b12-6-. The van der Waals surface area contributed by atoms with Crippen molar-refractivity contribution in [3.05, 3.63) is 46.8 Å². The number of halogens is 2. The molecule has 0 aliphatic rings. The van der Waals surface area contributed by atoms with E-state index in [4.69, 9.17) is 0 Å². The lowest BCUT2D eigenvalue weighted by Gasteiger charge is -2.31. The molecule has 0 spiro atoms. The fourth-order valence-corrected chi connectivity index (χ4v) is 2.10. The molecule has 0 saturated heterocycles. The number of allylic oxidation sites excluding steroid dienone is 2. The third kappa shape index (κ3) is 2.41. The largest absolute Gasteiger partial charge is 0.234 e. The molecule has 0 fully saturated rings. The van der Waals surface area contributed by atoms with Crippen LogP contribution in [0.1, 0.15) is 38.8 Å². The van der Waals surface area contributed by atoms with Gasteiger partial charge in [-0.3, -0.25) is 0 Å². The lowest BCUT2D eigenvalue weighted by Crippen LogP contribution is -2.28. The molecule has 0 nitrogen and oxygen atoms in total. The molecule has 0 aliphatic carbocycles. The average molecular weight is 238 g/mol. The molecule has 0 amide bonds. The van der Waals surface area contributed by atoms with Crippen LogP contribution in [0.2, 0.25) is 0 Å². The molecule has 0 aromatic heterocycles. The van der Waals surface area contributed by atoms with Gasteiger partial charge in [-0.1, -0.05) is 26.0 Å². The first-order valence-electron chi connectivity index (χ1n) is 5.93. The molecule has 17 heavy (non-hydrogen) atoms. The highest BCUT2D eigenvalue weighted by Gasteiger charge is 2.37. The molecular formula is C15H20F2. The maximum Gasteiger partial charge on any atom is 0.159 e. The van der Waals surface area contributed by atoms with Crippen LogP contribution in [0.3, 0.4) is 0 Å². The van der Waals surface area contributed by atoms with E-state index in [-0.39, 0.29) is 11.7 Å². The Labute approximate surface area is 102 Å². The predicted octanol–water partition coefficient (Wildman–Crippen LogP) is 4.92. The average Bonchev–Trinajstić information content (AvgIpc) is 2.30. The van der Waals surface area contributed by atoms with Gasteiger partial charge < -0.3 is 0 Å². The normalized spacial score (nSPS) is 16.1. The first-order chi connectivity index (χ1) is 7.83. The van der Waals surface area contributed by atoms with Crippen LogP contribution in [0.4, 0.5) is 8.78 Å². The molecule has 0 saturated carbocycles. The van der Waals surface area contributed by atoms with Crippen LogP contribution in [0, 0.1) is 18.7 Å². The summed E-state index contributed by atoms with van der Waals surface area (Å²) in [6.07, 6.45) is 1.78. The molecule has 1 atom stereocenters. The molecule has 2 heteroatoms. The van der Waals surface area contributed by atoms with Crippen molar-refractivity contribution in [3.8, 4) is 0 Å². The highest BCUT2D eigenvalue weighted by Crippen LogP contribution is 2.41. The molecule has 1 unspecified atom stereocenters. The van der Waals surface area contributed by atoms with Crippen molar-refractivity contribution in [1.29, 1.82) is 0 Å². The SMILES string of the molecule is C/C=C(/C)C(F)(c1ccc(F)c(C)c1)C(C)C. The molecule has 1 aromatic carbocycles. The molecule has 1 aromatic rings. The summed E-state index contributed by atoms with van der Waals surface area (Å²) >= 11 is 0. The van der Waals surface area contributed by atoms with Gasteiger partial charge in [0.2, 0.25) is 0 Å². The molecular weight excluding hydrogens is 218 g/mol. The lowest BCUT2D eigenvalue weighted by molar-refractivity contribution is 0.144. The van der Waals surface area contributed by atoms with Gasteiger partial charge in [0, 0.05) is 0 Å². The van der Waals surface area contributed by atoms with E-state index in [1.165, 1.54) is 12.1 Å². The number of benzene rings is 1. The van der Waals surface area contributed by atoms with E-state index in [1.54, 1.807) is 26.0 Å². The van der Waals surface area contributed by atoms with Crippen LogP contribution < -0.4 is 0 Å². The number of aryl methyl sites for hydroxylation is 1. The monoisotopic (exact) mass is 238 g/mol. The van der Waals surface area contributed by atoms with Gasteiger partial charge in [0.05, 0.1) is 0 Å². The van der Waals surface area contributed by atoms with Gasteiger partial charge >= 0.3 is 0 Å². The minimum atomic E-state index is -1.52. The van der Waals surface area contributed by atoms with Crippen LogP contribution in [-0.4, -0.2) is 0 Å². The van der Waals surface area contributed by atoms with E-state index in [2.05, 4.69) is 0 Å². The van der Waals surface area contributed by atoms with Crippen molar-refractivity contribution in [2.75, 3.05) is 0 Å². The van der Waals surface area contributed by atoms with E-state index in [0.29, 0.717) is 16.7 Å². The van der Waals surface area contributed by atoms with Crippen molar-refractivity contribution in [3.63, 3.8) is 0 Å². The number of alkyl halides is 1. The fourth-order valence-electron chi connectivity index (χ4n) is 2.10. The summed E-state index contributed by atoms with van der Waals surface area (Å²) in [5.74, 6) is -0.485. The summed E-state index contributed by atoms with van der Waals surface area (Å²) in [6.45, 7) is 8.93. The highest BCUT2D eigenvalue weighted by molar-refractivity contribution is 5.36.